The van der Waals surface area contributed by atoms with E-state index in [9.17, 15) is 4.79 Å². The Morgan fingerprint density at radius 2 is 1.96 bits per heavy atom. The van der Waals surface area contributed by atoms with Gasteiger partial charge in [0.25, 0.3) is 0 Å². The van der Waals surface area contributed by atoms with Gasteiger partial charge in [-0.3, -0.25) is 9.69 Å². The van der Waals surface area contributed by atoms with E-state index in [1.165, 1.54) is 18.4 Å². The van der Waals surface area contributed by atoms with Crippen LogP contribution in [0.15, 0.2) is 41.1 Å². The normalized spacial score (nSPS) is 16.4. The molecule has 0 bridgehead atoms. The molecule has 1 atom stereocenters. The summed E-state index contributed by atoms with van der Waals surface area (Å²) in [5.74, 6) is 0.0618. The van der Waals surface area contributed by atoms with Gasteiger partial charge in [0, 0.05) is 11.6 Å². The average molecular weight is 349 g/mol. The molecule has 3 nitrogen and oxygen atoms in total. The molecule has 1 saturated heterocycles. The summed E-state index contributed by atoms with van der Waals surface area (Å²) in [7, 11) is 0. The number of hydrogen-bond donors (Lipinski definition) is 1. The van der Waals surface area contributed by atoms with E-state index in [0.29, 0.717) is 18.0 Å². The van der Waals surface area contributed by atoms with Crippen LogP contribution in [-0.4, -0.2) is 30.4 Å². The summed E-state index contributed by atoms with van der Waals surface area (Å²) in [6.45, 7) is 2.91. The number of hydrogen-bond acceptors (Lipinski definition) is 3. The van der Waals surface area contributed by atoms with Crippen LogP contribution in [0.3, 0.4) is 0 Å². The van der Waals surface area contributed by atoms with Crippen molar-refractivity contribution in [2.75, 3.05) is 19.6 Å². The second-order valence-electron chi connectivity index (χ2n) is 5.92. The minimum Gasteiger partial charge on any atom is -0.354 e. The second-order valence-corrected chi connectivity index (χ2v) is 7.14. The van der Waals surface area contributed by atoms with Gasteiger partial charge in [-0.15, -0.1) is 0 Å². The fraction of sp³-hybridized carbons (Fsp3) is 0.389. The van der Waals surface area contributed by atoms with Gasteiger partial charge >= 0.3 is 0 Å². The predicted octanol–water partition coefficient (Wildman–Crippen LogP) is 3.90. The maximum Gasteiger partial charge on any atom is 0.224 e. The third-order valence-corrected chi connectivity index (χ3v) is 5.23. The highest BCUT2D eigenvalue weighted by Gasteiger charge is 2.24. The number of amides is 1. The van der Waals surface area contributed by atoms with Crippen molar-refractivity contribution in [2.45, 2.75) is 25.3 Å². The molecule has 1 aromatic heterocycles. The Labute approximate surface area is 146 Å². The zero-order chi connectivity index (χ0) is 16.1. The van der Waals surface area contributed by atoms with Crippen LogP contribution in [0.5, 0.6) is 0 Å². The first kappa shape index (κ1) is 16.5. The van der Waals surface area contributed by atoms with Crippen LogP contribution in [0.25, 0.3) is 0 Å². The zero-order valence-corrected chi connectivity index (χ0v) is 14.6. The molecule has 3 rings (SSSR count). The zero-order valence-electron chi connectivity index (χ0n) is 13.0. The van der Waals surface area contributed by atoms with E-state index in [0.717, 1.165) is 18.7 Å². The second kappa shape index (κ2) is 7.95. The minimum absolute atomic E-state index is 0.0618. The molecule has 1 aromatic carbocycles. The Morgan fingerprint density at radius 1 is 1.22 bits per heavy atom. The van der Waals surface area contributed by atoms with Crippen molar-refractivity contribution in [2.24, 2.45) is 0 Å². The van der Waals surface area contributed by atoms with Crippen LogP contribution < -0.4 is 5.32 Å². The van der Waals surface area contributed by atoms with Crippen LogP contribution in [-0.2, 0) is 11.2 Å². The number of carbonyl (C=O) groups excluding carboxylic acids is 1. The molecule has 1 amide bonds. The first-order chi connectivity index (χ1) is 11.2. The molecular weight excluding hydrogens is 328 g/mol. The van der Waals surface area contributed by atoms with Crippen molar-refractivity contribution in [1.29, 1.82) is 0 Å². The van der Waals surface area contributed by atoms with Crippen LogP contribution in [0, 0.1) is 0 Å². The van der Waals surface area contributed by atoms with Gasteiger partial charge in [0.15, 0.2) is 0 Å². The number of nitrogens with one attached hydrogen (secondary N) is 1. The van der Waals surface area contributed by atoms with Gasteiger partial charge in [0.2, 0.25) is 5.91 Å². The van der Waals surface area contributed by atoms with E-state index in [1.54, 1.807) is 11.3 Å². The fourth-order valence-corrected chi connectivity index (χ4v) is 3.87. The summed E-state index contributed by atoms with van der Waals surface area (Å²) in [5, 5.41) is 8.09. The molecule has 5 heteroatoms. The Bertz CT molecular complexity index is 621. The van der Waals surface area contributed by atoms with Gasteiger partial charge in [-0.2, -0.15) is 11.3 Å². The van der Waals surface area contributed by atoms with Gasteiger partial charge in [0.1, 0.15) is 0 Å². The maximum atomic E-state index is 12.2. The molecule has 23 heavy (non-hydrogen) atoms. The summed E-state index contributed by atoms with van der Waals surface area (Å²) < 4.78 is 0. The number of likely N-dealkylation sites (tertiary alicyclic amines) is 1. The average Bonchev–Trinajstić information content (AvgIpc) is 3.24. The summed E-state index contributed by atoms with van der Waals surface area (Å²) in [6.07, 6.45) is 2.90. The predicted molar refractivity (Wildman–Crippen MR) is 96.0 cm³/mol. The minimum atomic E-state index is 0.0618. The highest BCUT2D eigenvalue weighted by Crippen LogP contribution is 2.26. The number of carbonyl (C=O) groups is 1. The smallest absolute Gasteiger partial charge is 0.224 e. The molecule has 1 aliphatic rings. The lowest BCUT2D eigenvalue weighted by molar-refractivity contribution is -0.120. The largest absolute Gasteiger partial charge is 0.354 e. The van der Waals surface area contributed by atoms with Crippen LogP contribution in [0.4, 0.5) is 0 Å². The highest BCUT2D eigenvalue weighted by molar-refractivity contribution is 7.07. The molecule has 1 N–H and O–H groups in total. The molecule has 0 saturated carbocycles. The van der Waals surface area contributed by atoms with Crippen LogP contribution in [0.1, 0.15) is 30.0 Å². The quantitative estimate of drug-likeness (QED) is 0.858. The fourth-order valence-electron chi connectivity index (χ4n) is 3.04. The van der Waals surface area contributed by atoms with Crippen molar-refractivity contribution in [1.82, 2.24) is 10.2 Å². The van der Waals surface area contributed by atoms with E-state index in [2.05, 4.69) is 27.0 Å². The molecule has 1 fully saturated rings. The van der Waals surface area contributed by atoms with Gasteiger partial charge in [-0.1, -0.05) is 23.7 Å². The van der Waals surface area contributed by atoms with Crippen molar-refractivity contribution in [3.63, 3.8) is 0 Å². The molecule has 0 spiro atoms. The van der Waals surface area contributed by atoms with Gasteiger partial charge in [0.05, 0.1) is 12.5 Å². The molecule has 1 aliphatic heterocycles. The molecule has 0 aliphatic carbocycles. The highest BCUT2D eigenvalue weighted by atomic mass is 35.5. The summed E-state index contributed by atoms with van der Waals surface area (Å²) in [4.78, 5) is 14.7. The third-order valence-electron chi connectivity index (χ3n) is 4.28. The van der Waals surface area contributed by atoms with Crippen LogP contribution >= 0.6 is 22.9 Å². The molecular formula is C18H21ClN2OS. The number of rotatable bonds is 6. The van der Waals surface area contributed by atoms with Crippen molar-refractivity contribution in [3.05, 3.63) is 57.2 Å². The number of nitrogens with zero attached hydrogens (tertiary/aromatic N) is 1. The van der Waals surface area contributed by atoms with E-state index < -0.39 is 0 Å². The number of halogens is 1. The van der Waals surface area contributed by atoms with Crippen molar-refractivity contribution >= 4 is 28.8 Å². The molecule has 2 heterocycles. The Kier molecular flexibility index (Phi) is 5.70. The van der Waals surface area contributed by atoms with Gasteiger partial charge < -0.3 is 5.32 Å². The molecule has 0 radical (unpaired) electrons. The lowest BCUT2D eigenvalue weighted by atomic mass is 10.1. The van der Waals surface area contributed by atoms with E-state index >= 15 is 0 Å². The Morgan fingerprint density at radius 3 is 2.61 bits per heavy atom. The first-order valence-electron chi connectivity index (χ1n) is 7.99. The van der Waals surface area contributed by atoms with E-state index in [-0.39, 0.29) is 11.9 Å². The first-order valence-corrected chi connectivity index (χ1v) is 9.32. The number of thiophene rings is 1. The SMILES string of the molecule is O=C(Cc1ccc(Cl)cc1)NC[C@@H](c1ccsc1)N1CCCC1. The monoisotopic (exact) mass is 348 g/mol. The Balaban J connectivity index is 1.57. The van der Waals surface area contributed by atoms with E-state index in [4.69, 9.17) is 11.6 Å². The molecule has 122 valence electrons. The summed E-state index contributed by atoms with van der Waals surface area (Å²) in [5.41, 5.74) is 2.30. The van der Waals surface area contributed by atoms with Crippen molar-refractivity contribution < 1.29 is 4.79 Å². The van der Waals surface area contributed by atoms with Gasteiger partial charge in [-0.25, -0.2) is 0 Å². The maximum absolute atomic E-state index is 12.2. The third kappa shape index (κ3) is 4.56. The standard InChI is InChI=1S/C18H21ClN2OS/c19-16-5-3-14(4-6-16)11-18(22)20-12-17(15-7-10-23-13-15)21-8-1-2-9-21/h3-7,10,13,17H,1-2,8-9,11-12H2,(H,20,22)/t17-/m0/s1. The lowest BCUT2D eigenvalue weighted by Crippen LogP contribution is -2.37. The summed E-state index contributed by atoms with van der Waals surface area (Å²) >= 11 is 7.59. The van der Waals surface area contributed by atoms with Crippen LogP contribution in [0.2, 0.25) is 5.02 Å². The van der Waals surface area contributed by atoms with E-state index in [1.807, 2.05) is 24.3 Å². The molecule has 0 unspecified atom stereocenters. The van der Waals surface area contributed by atoms with Gasteiger partial charge in [-0.05, 0) is 66.0 Å². The Hall–Kier alpha value is -1.36. The summed E-state index contributed by atoms with van der Waals surface area (Å²) in [6, 6.07) is 9.90. The topological polar surface area (TPSA) is 32.3 Å². The van der Waals surface area contributed by atoms with Crippen molar-refractivity contribution in [3.8, 4) is 0 Å². The lowest BCUT2D eigenvalue weighted by Gasteiger charge is -2.27. The molecule has 2 aromatic rings. The number of benzene rings is 1.